The molecule has 3 rings (SSSR count). The zero-order valence-electron chi connectivity index (χ0n) is 10.4. The van der Waals surface area contributed by atoms with Crippen LogP contribution in [-0.2, 0) is 11.8 Å². The minimum Gasteiger partial charge on any atom is -0.313 e. The van der Waals surface area contributed by atoms with Gasteiger partial charge in [-0.1, -0.05) is 34.7 Å². The Kier molecular flexibility index (Phi) is 3.42. The van der Waals surface area contributed by atoms with Crippen LogP contribution in [0, 0.1) is 0 Å². The normalized spacial score (nSPS) is 22.8. The van der Waals surface area contributed by atoms with Crippen molar-refractivity contribution in [2.24, 2.45) is 7.05 Å². The SMILES string of the molecule is Cn1c(NC(=O)C2NNCC2I)nc2ccccc21. The molecule has 0 radical (unpaired) electrons. The van der Waals surface area contributed by atoms with Gasteiger partial charge in [0, 0.05) is 13.6 Å². The number of anilines is 1. The largest absolute Gasteiger partial charge is 0.313 e. The van der Waals surface area contributed by atoms with Crippen LogP contribution in [0.3, 0.4) is 0 Å². The molecule has 2 heterocycles. The number of aromatic nitrogens is 2. The maximum atomic E-state index is 12.2. The predicted molar refractivity (Wildman–Crippen MR) is 82.1 cm³/mol. The number of carbonyl (C=O) groups excluding carboxylic acids is 1. The van der Waals surface area contributed by atoms with Gasteiger partial charge in [-0.3, -0.25) is 15.5 Å². The van der Waals surface area contributed by atoms with Crippen molar-refractivity contribution in [3.8, 4) is 0 Å². The molecule has 0 spiro atoms. The van der Waals surface area contributed by atoms with Gasteiger partial charge in [-0.25, -0.2) is 10.4 Å². The zero-order chi connectivity index (χ0) is 13.4. The van der Waals surface area contributed by atoms with Gasteiger partial charge in [-0.05, 0) is 12.1 Å². The highest BCUT2D eigenvalue weighted by Gasteiger charge is 2.31. The molecule has 6 nitrogen and oxygen atoms in total. The second kappa shape index (κ2) is 5.06. The number of hydrogen-bond acceptors (Lipinski definition) is 4. The lowest BCUT2D eigenvalue weighted by Gasteiger charge is -2.13. The van der Waals surface area contributed by atoms with E-state index in [0.29, 0.717) is 5.95 Å². The van der Waals surface area contributed by atoms with Crippen molar-refractivity contribution in [2.75, 3.05) is 11.9 Å². The smallest absolute Gasteiger partial charge is 0.246 e. The Hall–Kier alpha value is -1.19. The number of para-hydroxylation sites is 2. The summed E-state index contributed by atoms with van der Waals surface area (Å²) in [6.07, 6.45) is 0. The maximum Gasteiger partial charge on any atom is 0.246 e. The third-order valence-electron chi connectivity index (χ3n) is 3.22. The minimum atomic E-state index is -0.236. The number of amides is 1. The number of hydrogen-bond donors (Lipinski definition) is 3. The molecule has 1 aromatic carbocycles. The molecule has 19 heavy (non-hydrogen) atoms. The van der Waals surface area contributed by atoms with Crippen LogP contribution in [0.15, 0.2) is 24.3 Å². The van der Waals surface area contributed by atoms with Gasteiger partial charge in [-0.15, -0.1) is 0 Å². The van der Waals surface area contributed by atoms with Crippen LogP contribution >= 0.6 is 22.6 Å². The number of halogens is 1. The Bertz CT molecular complexity index is 626. The van der Waals surface area contributed by atoms with Crippen LogP contribution < -0.4 is 16.2 Å². The summed E-state index contributed by atoms with van der Waals surface area (Å²) in [4.78, 5) is 16.6. The fourth-order valence-corrected chi connectivity index (χ4v) is 2.88. The molecule has 0 aliphatic carbocycles. The summed E-state index contributed by atoms with van der Waals surface area (Å²) in [7, 11) is 1.90. The van der Waals surface area contributed by atoms with Crippen LogP contribution in [0.5, 0.6) is 0 Å². The van der Waals surface area contributed by atoms with E-state index in [-0.39, 0.29) is 15.9 Å². The summed E-state index contributed by atoms with van der Waals surface area (Å²) in [5.74, 6) is 0.506. The highest BCUT2D eigenvalue weighted by atomic mass is 127. The number of fused-ring (bicyclic) bond motifs is 1. The van der Waals surface area contributed by atoms with Crippen molar-refractivity contribution in [1.82, 2.24) is 20.4 Å². The molecule has 1 amide bonds. The molecule has 1 saturated heterocycles. The Labute approximate surface area is 124 Å². The number of nitrogens with one attached hydrogen (secondary N) is 3. The van der Waals surface area contributed by atoms with E-state index < -0.39 is 0 Å². The summed E-state index contributed by atoms with van der Waals surface area (Å²) >= 11 is 2.26. The zero-order valence-corrected chi connectivity index (χ0v) is 12.5. The van der Waals surface area contributed by atoms with Crippen LogP contribution in [-0.4, -0.2) is 32.0 Å². The first-order valence-corrected chi connectivity index (χ1v) is 7.26. The molecule has 2 atom stereocenters. The van der Waals surface area contributed by atoms with Gasteiger partial charge in [0.2, 0.25) is 11.9 Å². The van der Waals surface area contributed by atoms with E-state index in [9.17, 15) is 4.79 Å². The van der Waals surface area contributed by atoms with Crippen molar-refractivity contribution in [2.45, 2.75) is 9.97 Å². The topological polar surface area (TPSA) is 71.0 Å². The average molecular weight is 371 g/mol. The molecule has 100 valence electrons. The molecule has 2 aromatic rings. The Morgan fingerprint density at radius 3 is 3.00 bits per heavy atom. The number of benzene rings is 1. The lowest BCUT2D eigenvalue weighted by molar-refractivity contribution is -0.117. The Morgan fingerprint density at radius 1 is 1.53 bits per heavy atom. The molecular formula is C12H14IN5O. The van der Waals surface area contributed by atoms with Gasteiger partial charge in [0.15, 0.2) is 0 Å². The van der Waals surface area contributed by atoms with Gasteiger partial charge in [0.25, 0.3) is 0 Å². The molecule has 1 fully saturated rings. The van der Waals surface area contributed by atoms with E-state index in [2.05, 4.69) is 43.7 Å². The fourth-order valence-electron chi connectivity index (χ4n) is 2.15. The second-order valence-electron chi connectivity index (χ2n) is 4.49. The van der Waals surface area contributed by atoms with E-state index in [4.69, 9.17) is 0 Å². The van der Waals surface area contributed by atoms with Gasteiger partial charge in [0.05, 0.1) is 15.0 Å². The van der Waals surface area contributed by atoms with Gasteiger partial charge in [-0.2, -0.15) is 0 Å². The first kappa shape index (κ1) is 12.8. The van der Waals surface area contributed by atoms with Crippen LogP contribution in [0.4, 0.5) is 5.95 Å². The number of rotatable bonds is 2. The molecule has 2 unspecified atom stereocenters. The summed E-state index contributed by atoms with van der Waals surface area (Å²) in [6, 6.07) is 7.57. The van der Waals surface area contributed by atoms with Crippen molar-refractivity contribution >= 4 is 45.5 Å². The third-order valence-corrected chi connectivity index (χ3v) is 4.38. The molecular weight excluding hydrogens is 357 g/mol. The summed E-state index contributed by atoms with van der Waals surface area (Å²) in [5.41, 5.74) is 7.84. The highest BCUT2D eigenvalue weighted by molar-refractivity contribution is 14.1. The number of alkyl halides is 1. The van der Waals surface area contributed by atoms with Crippen LogP contribution in [0.1, 0.15) is 0 Å². The van der Waals surface area contributed by atoms with Crippen LogP contribution in [0.25, 0.3) is 11.0 Å². The quantitative estimate of drug-likeness (QED) is 0.540. The standard InChI is InChI=1S/C12H14IN5O/c1-18-9-5-3-2-4-8(9)15-12(18)16-11(19)10-7(13)6-14-17-10/h2-5,7,10,14,17H,6H2,1H3,(H,15,16,19). The highest BCUT2D eigenvalue weighted by Crippen LogP contribution is 2.18. The van der Waals surface area contributed by atoms with Crippen molar-refractivity contribution in [3.63, 3.8) is 0 Å². The number of aryl methyl sites for hydroxylation is 1. The van der Waals surface area contributed by atoms with E-state index >= 15 is 0 Å². The summed E-state index contributed by atoms with van der Waals surface area (Å²) in [6.45, 7) is 0.779. The second-order valence-corrected chi connectivity index (χ2v) is 6.09. The molecule has 7 heteroatoms. The Balaban J connectivity index is 1.85. The van der Waals surface area contributed by atoms with E-state index in [1.807, 2.05) is 35.9 Å². The molecule has 1 aromatic heterocycles. The molecule has 3 N–H and O–H groups in total. The number of nitrogens with zero attached hydrogens (tertiary/aromatic N) is 2. The lowest BCUT2D eigenvalue weighted by atomic mass is 10.2. The van der Waals surface area contributed by atoms with Crippen LogP contribution in [0.2, 0.25) is 0 Å². The first-order valence-electron chi connectivity index (χ1n) is 6.01. The molecule has 0 saturated carbocycles. The number of hydrazine groups is 1. The van der Waals surface area contributed by atoms with Gasteiger partial charge >= 0.3 is 0 Å². The monoisotopic (exact) mass is 371 g/mol. The minimum absolute atomic E-state index is 0.0668. The Morgan fingerprint density at radius 2 is 2.32 bits per heavy atom. The van der Waals surface area contributed by atoms with Crippen molar-refractivity contribution in [1.29, 1.82) is 0 Å². The predicted octanol–water partition coefficient (Wildman–Crippen LogP) is 0.792. The molecule has 1 aliphatic heterocycles. The number of carbonyl (C=O) groups is 1. The van der Waals surface area contributed by atoms with Gasteiger partial charge in [0.1, 0.15) is 6.04 Å². The average Bonchev–Trinajstić information content (AvgIpc) is 2.95. The summed E-state index contributed by atoms with van der Waals surface area (Å²) < 4.78 is 2.12. The number of imidazole rings is 1. The van der Waals surface area contributed by atoms with E-state index in [0.717, 1.165) is 17.6 Å². The lowest BCUT2D eigenvalue weighted by Crippen LogP contribution is -2.42. The summed E-state index contributed by atoms with van der Waals surface area (Å²) in [5, 5.41) is 2.88. The van der Waals surface area contributed by atoms with Gasteiger partial charge < -0.3 is 4.57 Å². The van der Waals surface area contributed by atoms with Crippen molar-refractivity contribution < 1.29 is 4.79 Å². The molecule has 1 aliphatic rings. The van der Waals surface area contributed by atoms with E-state index in [1.165, 1.54) is 0 Å². The first-order chi connectivity index (χ1) is 9.16. The van der Waals surface area contributed by atoms with Crippen molar-refractivity contribution in [3.05, 3.63) is 24.3 Å². The molecule has 0 bridgehead atoms. The fraction of sp³-hybridized carbons (Fsp3) is 0.333. The maximum absolute atomic E-state index is 12.2. The third kappa shape index (κ3) is 2.33. The van der Waals surface area contributed by atoms with E-state index in [1.54, 1.807) is 0 Å².